The lowest BCUT2D eigenvalue weighted by atomic mass is 10.0. The van der Waals surface area contributed by atoms with E-state index in [-0.39, 0.29) is 17.0 Å². The van der Waals surface area contributed by atoms with Crippen LogP contribution in [-0.4, -0.2) is 22.9 Å². The highest BCUT2D eigenvalue weighted by Crippen LogP contribution is 2.33. The van der Waals surface area contributed by atoms with Gasteiger partial charge in [-0.05, 0) is 44.0 Å². The number of nitrogens with zero attached hydrogens (tertiary/aromatic N) is 1. The van der Waals surface area contributed by atoms with Gasteiger partial charge in [-0.15, -0.1) is 0 Å². The van der Waals surface area contributed by atoms with E-state index in [0.717, 1.165) is 5.57 Å². The molecule has 140 valence electrons. The average Bonchev–Trinajstić information content (AvgIpc) is 2.64. The summed E-state index contributed by atoms with van der Waals surface area (Å²) in [7, 11) is 1.50. The molecule has 0 aliphatic carbocycles. The summed E-state index contributed by atoms with van der Waals surface area (Å²) in [6.45, 7) is 3.89. The molecule has 0 aliphatic rings. The number of ether oxygens (including phenoxy) is 1. The summed E-state index contributed by atoms with van der Waals surface area (Å²) >= 11 is 0. The van der Waals surface area contributed by atoms with Gasteiger partial charge >= 0.3 is 0 Å². The molecule has 1 N–H and O–H groups in total. The van der Waals surface area contributed by atoms with Crippen molar-refractivity contribution in [3.63, 3.8) is 0 Å². The van der Waals surface area contributed by atoms with Crippen LogP contribution in [0.4, 0.5) is 5.69 Å². The van der Waals surface area contributed by atoms with Crippen molar-refractivity contribution in [2.45, 2.75) is 20.3 Å². The predicted molar refractivity (Wildman–Crippen MR) is 104 cm³/mol. The standard InChI is InChI=1S/C21H21NO5/c1-14(2)7-9-18-20(27-3)12-10-17(21(18)24)19(23)11-8-15-5-4-6-16(13-15)22(25)26/h4-8,10-13,24H,9H2,1-3H3/b11-8+. The Balaban J connectivity index is 2.33. The molecule has 2 rings (SSSR count). The molecular weight excluding hydrogens is 346 g/mol. The number of nitro groups is 1. The van der Waals surface area contributed by atoms with Gasteiger partial charge in [-0.2, -0.15) is 0 Å². The number of allylic oxidation sites excluding steroid dienone is 3. The zero-order valence-corrected chi connectivity index (χ0v) is 15.4. The Kier molecular flexibility index (Phi) is 6.49. The largest absolute Gasteiger partial charge is 0.507 e. The van der Waals surface area contributed by atoms with E-state index in [0.29, 0.717) is 23.3 Å². The number of methoxy groups -OCH3 is 1. The van der Waals surface area contributed by atoms with E-state index in [1.165, 1.54) is 37.5 Å². The Labute approximate surface area is 157 Å². The van der Waals surface area contributed by atoms with Gasteiger partial charge in [-0.25, -0.2) is 0 Å². The molecule has 0 aromatic heterocycles. The lowest BCUT2D eigenvalue weighted by molar-refractivity contribution is -0.384. The highest BCUT2D eigenvalue weighted by atomic mass is 16.6. The van der Waals surface area contributed by atoms with Gasteiger partial charge in [0.25, 0.3) is 5.69 Å². The van der Waals surface area contributed by atoms with Crippen molar-refractivity contribution in [2.24, 2.45) is 0 Å². The molecular formula is C21H21NO5. The van der Waals surface area contributed by atoms with E-state index in [4.69, 9.17) is 4.74 Å². The van der Waals surface area contributed by atoms with Crippen molar-refractivity contribution < 1.29 is 19.6 Å². The van der Waals surface area contributed by atoms with Crippen molar-refractivity contribution >= 4 is 17.5 Å². The van der Waals surface area contributed by atoms with Crippen molar-refractivity contribution in [2.75, 3.05) is 7.11 Å². The van der Waals surface area contributed by atoms with Crippen LogP contribution in [0.2, 0.25) is 0 Å². The van der Waals surface area contributed by atoms with Gasteiger partial charge in [0.1, 0.15) is 11.5 Å². The predicted octanol–water partition coefficient (Wildman–Crippen LogP) is 4.71. The third kappa shape index (κ3) is 5.04. The van der Waals surface area contributed by atoms with E-state index in [2.05, 4.69) is 0 Å². The molecule has 6 nitrogen and oxygen atoms in total. The summed E-state index contributed by atoms with van der Waals surface area (Å²) in [6, 6.07) is 9.10. The van der Waals surface area contributed by atoms with E-state index in [1.54, 1.807) is 18.2 Å². The van der Waals surface area contributed by atoms with E-state index in [9.17, 15) is 20.0 Å². The fourth-order valence-corrected chi connectivity index (χ4v) is 2.52. The Morgan fingerprint density at radius 3 is 2.63 bits per heavy atom. The van der Waals surface area contributed by atoms with Crippen LogP contribution < -0.4 is 4.74 Å². The summed E-state index contributed by atoms with van der Waals surface area (Å²) in [5.74, 6) is -0.0233. The molecule has 0 aliphatic heterocycles. The van der Waals surface area contributed by atoms with Gasteiger partial charge in [0, 0.05) is 17.7 Å². The summed E-state index contributed by atoms with van der Waals surface area (Å²) in [5.41, 5.74) is 2.23. The van der Waals surface area contributed by atoms with Crippen LogP contribution in [0, 0.1) is 10.1 Å². The Morgan fingerprint density at radius 2 is 2.00 bits per heavy atom. The molecule has 0 unspecified atom stereocenters. The van der Waals surface area contributed by atoms with Crippen LogP contribution in [0.5, 0.6) is 11.5 Å². The number of ketones is 1. The van der Waals surface area contributed by atoms with E-state index < -0.39 is 10.7 Å². The van der Waals surface area contributed by atoms with E-state index >= 15 is 0 Å². The first-order valence-corrected chi connectivity index (χ1v) is 8.32. The van der Waals surface area contributed by atoms with Crippen molar-refractivity contribution in [1.82, 2.24) is 0 Å². The second-order valence-electron chi connectivity index (χ2n) is 6.18. The molecule has 0 saturated carbocycles. The molecule has 0 heterocycles. The maximum absolute atomic E-state index is 12.5. The van der Waals surface area contributed by atoms with Crippen molar-refractivity contribution in [3.8, 4) is 11.5 Å². The highest BCUT2D eigenvalue weighted by Gasteiger charge is 2.16. The summed E-state index contributed by atoms with van der Waals surface area (Å²) in [4.78, 5) is 22.8. The molecule has 0 amide bonds. The Hall–Kier alpha value is -3.41. The normalized spacial score (nSPS) is 10.6. The number of benzene rings is 2. The Morgan fingerprint density at radius 1 is 1.26 bits per heavy atom. The van der Waals surface area contributed by atoms with Gasteiger partial charge in [-0.3, -0.25) is 14.9 Å². The summed E-state index contributed by atoms with van der Waals surface area (Å²) in [5, 5.41) is 21.4. The molecule has 0 saturated heterocycles. The van der Waals surface area contributed by atoms with Gasteiger partial charge < -0.3 is 9.84 Å². The fourth-order valence-electron chi connectivity index (χ4n) is 2.52. The molecule has 6 heteroatoms. The van der Waals surface area contributed by atoms with Crippen LogP contribution >= 0.6 is 0 Å². The maximum Gasteiger partial charge on any atom is 0.270 e. The average molecular weight is 367 g/mol. The number of phenols is 1. The number of hydrogen-bond donors (Lipinski definition) is 1. The van der Waals surface area contributed by atoms with Crippen LogP contribution in [-0.2, 0) is 6.42 Å². The first-order chi connectivity index (χ1) is 12.8. The maximum atomic E-state index is 12.5. The third-order valence-corrected chi connectivity index (χ3v) is 3.95. The molecule has 0 radical (unpaired) electrons. The topological polar surface area (TPSA) is 89.7 Å². The number of aromatic hydroxyl groups is 1. The quantitative estimate of drug-likeness (QED) is 0.252. The lowest BCUT2D eigenvalue weighted by Gasteiger charge is -2.12. The van der Waals surface area contributed by atoms with Crippen molar-refractivity contribution in [3.05, 3.63) is 80.9 Å². The molecule has 0 fully saturated rings. The number of carbonyl (C=O) groups is 1. The van der Waals surface area contributed by atoms with Crippen LogP contribution in [0.25, 0.3) is 6.08 Å². The van der Waals surface area contributed by atoms with Gasteiger partial charge in [0.2, 0.25) is 0 Å². The molecule has 0 bridgehead atoms. The lowest BCUT2D eigenvalue weighted by Crippen LogP contribution is -2.00. The fraction of sp³-hybridized carbons (Fsp3) is 0.190. The molecule has 2 aromatic carbocycles. The number of non-ortho nitro benzene ring substituents is 1. The Bertz CT molecular complexity index is 924. The number of nitro benzene ring substituents is 1. The summed E-state index contributed by atoms with van der Waals surface area (Å²) < 4.78 is 5.28. The van der Waals surface area contributed by atoms with Gasteiger partial charge in [-0.1, -0.05) is 29.9 Å². The molecule has 27 heavy (non-hydrogen) atoms. The third-order valence-electron chi connectivity index (χ3n) is 3.95. The van der Waals surface area contributed by atoms with Crippen LogP contribution in [0.3, 0.4) is 0 Å². The first-order valence-electron chi connectivity index (χ1n) is 8.32. The van der Waals surface area contributed by atoms with E-state index in [1.807, 2.05) is 19.9 Å². The zero-order valence-electron chi connectivity index (χ0n) is 15.4. The second-order valence-corrected chi connectivity index (χ2v) is 6.18. The first kappa shape index (κ1) is 19.9. The smallest absolute Gasteiger partial charge is 0.270 e. The second kappa shape index (κ2) is 8.80. The summed E-state index contributed by atoms with van der Waals surface area (Å²) in [6.07, 6.45) is 5.14. The highest BCUT2D eigenvalue weighted by molar-refractivity contribution is 6.09. The number of phenolic OH excluding ortho intramolecular Hbond substituents is 1. The number of hydrogen-bond acceptors (Lipinski definition) is 5. The minimum atomic E-state index is -0.496. The minimum absolute atomic E-state index is 0.0547. The van der Waals surface area contributed by atoms with Gasteiger partial charge in [0.15, 0.2) is 5.78 Å². The number of carbonyl (C=O) groups excluding carboxylic acids is 1. The van der Waals surface area contributed by atoms with Gasteiger partial charge in [0.05, 0.1) is 17.6 Å². The SMILES string of the molecule is COc1ccc(C(=O)/C=C/c2cccc([N+](=O)[O-])c2)c(O)c1CC=C(C)C. The molecule has 2 aromatic rings. The monoisotopic (exact) mass is 367 g/mol. The number of rotatable bonds is 7. The van der Waals surface area contributed by atoms with Crippen molar-refractivity contribution in [1.29, 1.82) is 0 Å². The molecule has 0 spiro atoms. The zero-order chi connectivity index (χ0) is 20.0. The van der Waals surface area contributed by atoms with Crippen LogP contribution in [0.1, 0.15) is 35.3 Å². The molecule has 0 atom stereocenters. The minimum Gasteiger partial charge on any atom is -0.507 e. The van der Waals surface area contributed by atoms with Crippen LogP contribution in [0.15, 0.2) is 54.1 Å².